The second-order valence-electron chi connectivity index (χ2n) is 2.95. The first-order valence-corrected chi connectivity index (χ1v) is 3.71. The van der Waals surface area contributed by atoms with Crippen molar-refractivity contribution in [2.75, 3.05) is 0 Å². The van der Waals surface area contributed by atoms with E-state index in [1.54, 1.807) is 0 Å². The molecule has 0 saturated heterocycles. The highest BCUT2D eigenvalue weighted by Crippen LogP contribution is 2.41. The fourth-order valence-corrected chi connectivity index (χ4v) is 1.72. The standard InChI is InChI=1S/C8H10.CH2O2/c1-6-4-7-2-3-8(6)5-7;2-1-3/h2-3,7-8H,1,4-5H2;1H,(H,2,3). The summed E-state index contributed by atoms with van der Waals surface area (Å²) in [6.45, 7) is 3.74. The fraction of sp³-hybridized carbons (Fsp3) is 0.444. The van der Waals surface area contributed by atoms with E-state index in [-0.39, 0.29) is 6.47 Å². The van der Waals surface area contributed by atoms with Crippen LogP contribution in [-0.2, 0) is 4.79 Å². The molecule has 1 N–H and O–H groups in total. The van der Waals surface area contributed by atoms with Crippen molar-refractivity contribution in [3.05, 3.63) is 24.3 Å². The molecule has 60 valence electrons. The van der Waals surface area contributed by atoms with E-state index in [0.29, 0.717) is 0 Å². The lowest BCUT2D eigenvalue weighted by Crippen LogP contribution is -1.88. The quantitative estimate of drug-likeness (QED) is 0.424. The van der Waals surface area contributed by atoms with Crippen molar-refractivity contribution >= 4 is 6.47 Å². The molecule has 1 fully saturated rings. The van der Waals surface area contributed by atoms with Crippen LogP contribution in [0.25, 0.3) is 0 Å². The SMILES string of the molecule is C=C1CC2C=CC1C2.O=CO. The summed E-state index contributed by atoms with van der Waals surface area (Å²) in [4.78, 5) is 8.36. The van der Waals surface area contributed by atoms with Crippen LogP contribution in [0.4, 0.5) is 0 Å². The van der Waals surface area contributed by atoms with E-state index in [4.69, 9.17) is 9.90 Å². The summed E-state index contributed by atoms with van der Waals surface area (Å²) < 4.78 is 0. The number of hydrogen-bond donors (Lipinski definition) is 1. The molecule has 2 rings (SSSR count). The Balaban J connectivity index is 0.000000179. The Kier molecular flexibility index (Phi) is 2.47. The van der Waals surface area contributed by atoms with Gasteiger partial charge in [-0.1, -0.05) is 24.3 Å². The van der Waals surface area contributed by atoms with Crippen LogP contribution in [0, 0.1) is 11.8 Å². The van der Waals surface area contributed by atoms with Gasteiger partial charge in [-0.2, -0.15) is 0 Å². The van der Waals surface area contributed by atoms with Gasteiger partial charge in [0.2, 0.25) is 0 Å². The summed E-state index contributed by atoms with van der Waals surface area (Å²) in [6.07, 6.45) is 7.26. The van der Waals surface area contributed by atoms with Crippen LogP contribution in [0.3, 0.4) is 0 Å². The first-order chi connectivity index (χ1) is 5.27. The first-order valence-electron chi connectivity index (χ1n) is 3.71. The molecule has 2 atom stereocenters. The van der Waals surface area contributed by atoms with Crippen LogP contribution in [-0.4, -0.2) is 11.6 Å². The average molecular weight is 152 g/mol. The number of carbonyl (C=O) groups is 1. The lowest BCUT2D eigenvalue weighted by molar-refractivity contribution is -0.122. The zero-order chi connectivity index (χ0) is 8.27. The molecule has 0 radical (unpaired) electrons. The third-order valence-electron chi connectivity index (χ3n) is 2.22. The zero-order valence-corrected chi connectivity index (χ0v) is 6.36. The Labute approximate surface area is 66.2 Å². The second-order valence-corrected chi connectivity index (χ2v) is 2.95. The minimum Gasteiger partial charge on any atom is -0.483 e. The van der Waals surface area contributed by atoms with Crippen molar-refractivity contribution in [1.29, 1.82) is 0 Å². The van der Waals surface area contributed by atoms with Crippen molar-refractivity contribution in [3.8, 4) is 0 Å². The maximum Gasteiger partial charge on any atom is 0.290 e. The van der Waals surface area contributed by atoms with Gasteiger partial charge in [0.1, 0.15) is 0 Å². The Hall–Kier alpha value is -1.05. The molecule has 2 aliphatic rings. The van der Waals surface area contributed by atoms with Crippen LogP contribution in [0.1, 0.15) is 12.8 Å². The zero-order valence-electron chi connectivity index (χ0n) is 6.36. The smallest absolute Gasteiger partial charge is 0.290 e. The molecule has 2 unspecified atom stereocenters. The van der Waals surface area contributed by atoms with Gasteiger partial charge in [0.15, 0.2) is 0 Å². The van der Waals surface area contributed by atoms with Crippen LogP contribution in [0.15, 0.2) is 24.3 Å². The molecule has 11 heavy (non-hydrogen) atoms. The predicted molar refractivity (Wildman–Crippen MR) is 43.2 cm³/mol. The predicted octanol–water partition coefficient (Wildman–Crippen LogP) is 1.84. The largest absolute Gasteiger partial charge is 0.483 e. The molecule has 0 spiro atoms. The van der Waals surface area contributed by atoms with Crippen LogP contribution < -0.4 is 0 Å². The maximum atomic E-state index is 8.36. The van der Waals surface area contributed by atoms with E-state index in [1.165, 1.54) is 18.4 Å². The maximum absolute atomic E-state index is 8.36. The van der Waals surface area contributed by atoms with Gasteiger partial charge < -0.3 is 5.11 Å². The number of rotatable bonds is 0. The van der Waals surface area contributed by atoms with E-state index in [0.717, 1.165) is 11.8 Å². The first kappa shape index (κ1) is 8.05. The molecule has 1 saturated carbocycles. The number of carboxylic acid groups (broad SMARTS) is 1. The van der Waals surface area contributed by atoms with Crippen molar-refractivity contribution in [2.45, 2.75) is 12.8 Å². The molecule has 2 nitrogen and oxygen atoms in total. The van der Waals surface area contributed by atoms with Crippen molar-refractivity contribution in [1.82, 2.24) is 0 Å². The summed E-state index contributed by atoms with van der Waals surface area (Å²) in [5, 5.41) is 6.89. The second kappa shape index (κ2) is 3.37. The molecular weight excluding hydrogens is 140 g/mol. The molecule has 0 amide bonds. The summed E-state index contributed by atoms with van der Waals surface area (Å²) in [5.41, 5.74) is 1.46. The van der Waals surface area contributed by atoms with Crippen molar-refractivity contribution in [2.24, 2.45) is 11.8 Å². The number of fused-ring (bicyclic) bond motifs is 2. The van der Waals surface area contributed by atoms with Gasteiger partial charge in [0.25, 0.3) is 6.47 Å². The molecule has 0 aromatic heterocycles. The Morgan fingerprint density at radius 1 is 1.64 bits per heavy atom. The Morgan fingerprint density at radius 2 is 2.27 bits per heavy atom. The molecule has 2 aliphatic carbocycles. The number of allylic oxidation sites excluding steroid dienone is 3. The normalized spacial score (nSPS) is 31.5. The van der Waals surface area contributed by atoms with Gasteiger partial charge in [-0.05, 0) is 24.7 Å². The molecule has 0 aromatic rings. The van der Waals surface area contributed by atoms with Crippen LogP contribution in [0.2, 0.25) is 0 Å². The lowest BCUT2D eigenvalue weighted by atomic mass is 10.0. The number of hydrogen-bond acceptors (Lipinski definition) is 1. The van der Waals surface area contributed by atoms with E-state index in [9.17, 15) is 0 Å². The minimum absolute atomic E-state index is 0.250. The molecule has 2 bridgehead atoms. The third-order valence-corrected chi connectivity index (χ3v) is 2.22. The summed E-state index contributed by atoms with van der Waals surface area (Å²) in [7, 11) is 0. The molecule has 0 heterocycles. The summed E-state index contributed by atoms with van der Waals surface area (Å²) in [6, 6.07) is 0. The summed E-state index contributed by atoms with van der Waals surface area (Å²) in [5.74, 6) is 1.63. The average Bonchev–Trinajstić information content (AvgIpc) is 2.48. The van der Waals surface area contributed by atoms with E-state index < -0.39 is 0 Å². The van der Waals surface area contributed by atoms with E-state index in [1.807, 2.05) is 0 Å². The monoisotopic (exact) mass is 152 g/mol. The Bertz CT molecular complexity index is 194. The molecule has 0 aromatic carbocycles. The highest BCUT2D eigenvalue weighted by molar-refractivity contribution is 5.32. The Morgan fingerprint density at radius 3 is 2.45 bits per heavy atom. The molecule has 0 aliphatic heterocycles. The van der Waals surface area contributed by atoms with Gasteiger partial charge in [0, 0.05) is 0 Å². The molecular formula is C9H12O2. The van der Waals surface area contributed by atoms with Gasteiger partial charge >= 0.3 is 0 Å². The van der Waals surface area contributed by atoms with Crippen LogP contribution >= 0.6 is 0 Å². The fourth-order valence-electron chi connectivity index (χ4n) is 1.72. The lowest BCUT2D eigenvalue weighted by Gasteiger charge is -2.02. The van der Waals surface area contributed by atoms with E-state index in [2.05, 4.69) is 18.7 Å². The molecule has 2 heteroatoms. The third kappa shape index (κ3) is 1.70. The highest BCUT2D eigenvalue weighted by atomic mass is 16.3. The van der Waals surface area contributed by atoms with Crippen LogP contribution in [0.5, 0.6) is 0 Å². The van der Waals surface area contributed by atoms with Gasteiger partial charge in [-0.25, -0.2) is 0 Å². The highest BCUT2D eigenvalue weighted by Gasteiger charge is 2.28. The minimum atomic E-state index is -0.250. The van der Waals surface area contributed by atoms with Gasteiger partial charge in [-0.15, -0.1) is 0 Å². The van der Waals surface area contributed by atoms with Crippen molar-refractivity contribution < 1.29 is 9.90 Å². The van der Waals surface area contributed by atoms with Crippen molar-refractivity contribution in [3.63, 3.8) is 0 Å². The van der Waals surface area contributed by atoms with Gasteiger partial charge in [0.05, 0.1) is 0 Å². The summed E-state index contributed by atoms with van der Waals surface area (Å²) >= 11 is 0. The van der Waals surface area contributed by atoms with Gasteiger partial charge in [-0.3, -0.25) is 4.79 Å². The topological polar surface area (TPSA) is 37.3 Å². The van der Waals surface area contributed by atoms with E-state index >= 15 is 0 Å².